The second-order valence-electron chi connectivity index (χ2n) is 4.94. The number of aryl methyl sites for hydroxylation is 1. The first-order valence-corrected chi connectivity index (χ1v) is 6.47. The molecule has 0 atom stereocenters. The van der Waals surface area contributed by atoms with Gasteiger partial charge in [0.25, 0.3) is 0 Å². The van der Waals surface area contributed by atoms with Gasteiger partial charge in [-0.2, -0.15) is 5.10 Å². The number of benzene rings is 1. The molecule has 1 aromatic heterocycles. The van der Waals surface area contributed by atoms with Crippen molar-refractivity contribution in [3.8, 4) is 17.0 Å². The SMILES string of the molecule is CCc1nn(CC(C)C)c(O)c1-c1ccccc1. The third kappa shape index (κ3) is 2.40. The predicted molar refractivity (Wildman–Crippen MR) is 73.5 cm³/mol. The highest BCUT2D eigenvalue weighted by molar-refractivity contribution is 5.71. The molecule has 0 bridgehead atoms. The topological polar surface area (TPSA) is 38.0 Å². The summed E-state index contributed by atoms with van der Waals surface area (Å²) in [6, 6.07) is 9.96. The molecule has 0 saturated heterocycles. The smallest absolute Gasteiger partial charge is 0.217 e. The molecule has 3 nitrogen and oxygen atoms in total. The summed E-state index contributed by atoms with van der Waals surface area (Å²) in [7, 11) is 0. The van der Waals surface area contributed by atoms with Crippen molar-refractivity contribution in [2.75, 3.05) is 0 Å². The fourth-order valence-corrected chi connectivity index (χ4v) is 2.12. The molecule has 0 aliphatic heterocycles. The van der Waals surface area contributed by atoms with Crippen LogP contribution in [0.1, 0.15) is 26.5 Å². The van der Waals surface area contributed by atoms with Crippen molar-refractivity contribution >= 4 is 0 Å². The maximum absolute atomic E-state index is 10.3. The largest absolute Gasteiger partial charge is 0.493 e. The van der Waals surface area contributed by atoms with E-state index in [2.05, 4.69) is 25.9 Å². The van der Waals surface area contributed by atoms with E-state index in [9.17, 15) is 5.11 Å². The Labute approximate surface area is 108 Å². The molecule has 1 heterocycles. The van der Waals surface area contributed by atoms with Gasteiger partial charge in [-0.05, 0) is 17.9 Å². The van der Waals surface area contributed by atoms with Crippen molar-refractivity contribution in [3.05, 3.63) is 36.0 Å². The first-order chi connectivity index (χ1) is 8.63. The van der Waals surface area contributed by atoms with Gasteiger partial charge in [0.15, 0.2) is 0 Å². The molecule has 18 heavy (non-hydrogen) atoms. The van der Waals surface area contributed by atoms with Crippen LogP contribution in [-0.4, -0.2) is 14.9 Å². The lowest BCUT2D eigenvalue weighted by molar-refractivity contribution is 0.372. The van der Waals surface area contributed by atoms with E-state index >= 15 is 0 Å². The number of aromatic nitrogens is 2. The Kier molecular flexibility index (Phi) is 3.70. The summed E-state index contributed by atoms with van der Waals surface area (Å²) in [6.45, 7) is 7.05. The molecule has 0 saturated carbocycles. The van der Waals surface area contributed by atoms with E-state index in [4.69, 9.17) is 0 Å². The summed E-state index contributed by atoms with van der Waals surface area (Å²) >= 11 is 0. The number of hydrogen-bond donors (Lipinski definition) is 1. The summed E-state index contributed by atoms with van der Waals surface area (Å²) in [6.07, 6.45) is 0.822. The lowest BCUT2D eigenvalue weighted by Crippen LogP contribution is -2.05. The summed E-state index contributed by atoms with van der Waals surface area (Å²) in [5.41, 5.74) is 2.86. The average molecular weight is 244 g/mol. The van der Waals surface area contributed by atoms with E-state index in [1.54, 1.807) is 4.68 Å². The highest BCUT2D eigenvalue weighted by atomic mass is 16.3. The molecule has 0 spiro atoms. The van der Waals surface area contributed by atoms with Crippen molar-refractivity contribution in [2.45, 2.75) is 33.7 Å². The molecule has 0 radical (unpaired) electrons. The number of hydrogen-bond acceptors (Lipinski definition) is 2. The van der Waals surface area contributed by atoms with Crippen LogP contribution < -0.4 is 0 Å². The molecule has 3 heteroatoms. The Balaban J connectivity index is 2.49. The van der Waals surface area contributed by atoms with Crippen LogP contribution >= 0.6 is 0 Å². The van der Waals surface area contributed by atoms with E-state index < -0.39 is 0 Å². The minimum Gasteiger partial charge on any atom is -0.493 e. The molecule has 0 aliphatic carbocycles. The zero-order valence-electron chi connectivity index (χ0n) is 11.2. The van der Waals surface area contributed by atoms with Gasteiger partial charge in [0.05, 0.1) is 11.3 Å². The van der Waals surface area contributed by atoms with Crippen LogP contribution in [0.3, 0.4) is 0 Å². The first-order valence-electron chi connectivity index (χ1n) is 6.47. The predicted octanol–water partition coefficient (Wildman–Crippen LogP) is 3.47. The van der Waals surface area contributed by atoms with Crippen LogP contribution in [-0.2, 0) is 13.0 Å². The maximum atomic E-state index is 10.3. The highest BCUT2D eigenvalue weighted by Crippen LogP contribution is 2.33. The third-order valence-corrected chi connectivity index (χ3v) is 2.93. The first kappa shape index (κ1) is 12.7. The van der Waals surface area contributed by atoms with E-state index in [1.165, 1.54) is 0 Å². The van der Waals surface area contributed by atoms with Gasteiger partial charge < -0.3 is 5.11 Å². The Bertz CT molecular complexity index is 515. The van der Waals surface area contributed by atoms with Crippen LogP contribution in [0.25, 0.3) is 11.1 Å². The Hall–Kier alpha value is -1.77. The molecule has 0 aliphatic rings. The fourth-order valence-electron chi connectivity index (χ4n) is 2.12. The normalized spacial score (nSPS) is 11.1. The van der Waals surface area contributed by atoms with Crippen molar-refractivity contribution in [1.82, 2.24) is 9.78 Å². The van der Waals surface area contributed by atoms with Gasteiger partial charge in [0, 0.05) is 6.54 Å². The summed E-state index contributed by atoms with van der Waals surface area (Å²) < 4.78 is 1.71. The zero-order chi connectivity index (χ0) is 13.1. The molecule has 2 rings (SSSR count). The molecule has 1 aromatic carbocycles. The molecular weight excluding hydrogens is 224 g/mol. The number of aromatic hydroxyl groups is 1. The fraction of sp³-hybridized carbons (Fsp3) is 0.400. The highest BCUT2D eigenvalue weighted by Gasteiger charge is 2.17. The average Bonchev–Trinajstić information content (AvgIpc) is 2.66. The quantitative estimate of drug-likeness (QED) is 0.894. The molecule has 96 valence electrons. The van der Waals surface area contributed by atoms with E-state index in [0.29, 0.717) is 5.92 Å². The van der Waals surface area contributed by atoms with E-state index in [-0.39, 0.29) is 5.88 Å². The Morgan fingerprint density at radius 3 is 2.44 bits per heavy atom. The second-order valence-corrected chi connectivity index (χ2v) is 4.94. The molecule has 0 fully saturated rings. The minimum atomic E-state index is 0.284. The van der Waals surface area contributed by atoms with Gasteiger partial charge in [0.1, 0.15) is 0 Å². The van der Waals surface area contributed by atoms with Crippen LogP contribution in [0.15, 0.2) is 30.3 Å². The summed E-state index contributed by atoms with van der Waals surface area (Å²) in [5, 5.41) is 14.9. The number of rotatable bonds is 4. The third-order valence-electron chi connectivity index (χ3n) is 2.93. The van der Waals surface area contributed by atoms with Gasteiger partial charge in [-0.1, -0.05) is 51.1 Å². The van der Waals surface area contributed by atoms with Gasteiger partial charge in [-0.3, -0.25) is 0 Å². The van der Waals surface area contributed by atoms with Crippen LogP contribution in [0.2, 0.25) is 0 Å². The Morgan fingerprint density at radius 2 is 1.89 bits per heavy atom. The molecule has 1 N–H and O–H groups in total. The van der Waals surface area contributed by atoms with Gasteiger partial charge in [-0.25, -0.2) is 4.68 Å². The molecule has 0 unspecified atom stereocenters. The van der Waals surface area contributed by atoms with Gasteiger partial charge in [0.2, 0.25) is 5.88 Å². The molecule has 0 amide bonds. The maximum Gasteiger partial charge on any atom is 0.217 e. The van der Waals surface area contributed by atoms with E-state index in [0.717, 1.165) is 29.8 Å². The van der Waals surface area contributed by atoms with Crippen LogP contribution in [0.4, 0.5) is 0 Å². The lowest BCUT2D eigenvalue weighted by atomic mass is 10.0. The molecular formula is C15H20N2O. The summed E-state index contributed by atoms with van der Waals surface area (Å²) in [4.78, 5) is 0. The van der Waals surface area contributed by atoms with Crippen molar-refractivity contribution in [2.24, 2.45) is 5.92 Å². The Morgan fingerprint density at radius 1 is 1.22 bits per heavy atom. The van der Waals surface area contributed by atoms with Crippen molar-refractivity contribution in [3.63, 3.8) is 0 Å². The minimum absolute atomic E-state index is 0.284. The second kappa shape index (κ2) is 5.25. The monoisotopic (exact) mass is 244 g/mol. The standard InChI is InChI=1S/C15H20N2O/c1-4-13-14(12-8-6-5-7-9-12)15(18)17(16-13)10-11(2)3/h5-9,11,18H,4,10H2,1-3H3. The summed E-state index contributed by atoms with van der Waals surface area (Å²) in [5.74, 6) is 0.746. The zero-order valence-corrected chi connectivity index (χ0v) is 11.2. The van der Waals surface area contributed by atoms with E-state index in [1.807, 2.05) is 30.3 Å². The van der Waals surface area contributed by atoms with Crippen LogP contribution in [0.5, 0.6) is 5.88 Å². The van der Waals surface area contributed by atoms with Crippen molar-refractivity contribution in [1.29, 1.82) is 0 Å². The van der Waals surface area contributed by atoms with Gasteiger partial charge in [-0.15, -0.1) is 0 Å². The lowest BCUT2D eigenvalue weighted by Gasteiger charge is -2.06. The van der Waals surface area contributed by atoms with Crippen molar-refractivity contribution < 1.29 is 5.11 Å². The number of nitrogens with zero attached hydrogens (tertiary/aromatic N) is 2. The van der Waals surface area contributed by atoms with Crippen LogP contribution in [0, 0.1) is 5.92 Å². The molecule has 2 aromatic rings. The van der Waals surface area contributed by atoms with Gasteiger partial charge >= 0.3 is 0 Å².